The van der Waals surface area contributed by atoms with E-state index in [9.17, 15) is 35.2 Å². The molecule has 52 heavy (non-hydrogen) atoms. The van der Waals surface area contributed by atoms with Gasteiger partial charge in [0.05, 0.1) is 23.5 Å². The number of benzene rings is 2. The molecular weight excluding hydrogens is 743 g/mol. The van der Waals surface area contributed by atoms with E-state index in [-0.39, 0.29) is 34.2 Å². The van der Waals surface area contributed by atoms with Gasteiger partial charge in [0.1, 0.15) is 29.0 Å². The molecule has 0 fully saturated rings. The number of para-hydroxylation sites is 1. The van der Waals surface area contributed by atoms with Crippen molar-refractivity contribution >= 4 is 44.3 Å². The highest BCUT2D eigenvalue weighted by molar-refractivity contribution is 7.92. The molecule has 0 spiro atoms. The van der Waals surface area contributed by atoms with Crippen molar-refractivity contribution in [3.05, 3.63) is 106 Å². The number of allylic oxidation sites excluding steroid dienone is 1. The van der Waals surface area contributed by atoms with Gasteiger partial charge >= 0.3 is 6.18 Å². The van der Waals surface area contributed by atoms with Gasteiger partial charge in [-0.15, -0.1) is 6.58 Å². The summed E-state index contributed by atoms with van der Waals surface area (Å²) in [5.74, 6) is -8.14. The van der Waals surface area contributed by atoms with Crippen molar-refractivity contribution in [3.63, 3.8) is 0 Å². The van der Waals surface area contributed by atoms with Crippen molar-refractivity contribution in [3.8, 4) is 11.1 Å². The summed E-state index contributed by atoms with van der Waals surface area (Å²) in [7, 11) is -2.21. The van der Waals surface area contributed by atoms with E-state index in [2.05, 4.69) is 31.8 Å². The number of hydrogen-bond acceptors (Lipinski definition) is 6. The maximum absolute atomic E-state index is 15.2. The maximum atomic E-state index is 15.2. The van der Waals surface area contributed by atoms with Crippen LogP contribution < -0.4 is 10.0 Å². The molecule has 2 N–H and O–H groups in total. The van der Waals surface area contributed by atoms with Crippen LogP contribution in [0.15, 0.2) is 61.2 Å². The molecule has 274 valence electrons. The van der Waals surface area contributed by atoms with Gasteiger partial charge in [0, 0.05) is 47.5 Å². The maximum Gasteiger partial charge on any atom is 0.435 e. The van der Waals surface area contributed by atoms with Gasteiger partial charge < -0.3 is 5.32 Å². The number of aryl methyl sites for hydroxylation is 1. The minimum absolute atomic E-state index is 0.00545. The van der Waals surface area contributed by atoms with Crippen molar-refractivity contribution in [1.82, 2.24) is 29.9 Å². The molecule has 5 aromatic rings. The van der Waals surface area contributed by atoms with Gasteiger partial charge in [0.15, 0.2) is 11.5 Å². The Morgan fingerprint density at radius 3 is 2.44 bits per heavy atom. The van der Waals surface area contributed by atoms with Crippen LogP contribution in [-0.4, -0.2) is 45.1 Å². The summed E-state index contributed by atoms with van der Waals surface area (Å²) < 4.78 is 129. The van der Waals surface area contributed by atoms with Crippen molar-refractivity contribution < 1.29 is 43.9 Å². The molecule has 0 aliphatic heterocycles. The van der Waals surface area contributed by atoms with Gasteiger partial charge in [-0.05, 0) is 42.3 Å². The van der Waals surface area contributed by atoms with E-state index < -0.39 is 81.5 Å². The number of nitrogens with zero attached hydrogens (tertiary/aromatic N) is 5. The van der Waals surface area contributed by atoms with E-state index in [0.29, 0.717) is 27.2 Å². The average Bonchev–Trinajstić information content (AvgIpc) is 3.65. The first-order chi connectivity index (χ1) is 24.3. The topological polar surface area (TPSA) is 124 Å². The molecule has 2 atom stereocenters. The number of amides is 1. The predicted molar refractivity (Wildman–Crippen MR) is 177 cm³/mol. The number of pyridine rings is 1. The number of carbonyl (C=O) groups is 1. The molecule has 0 saturated carbocycles. The number of aromatic nitrogens is 5. The van der Waals surface area contributed by atoms with Crippen LogP contribution in [0.1, 0.15) is 46.6 Å². The zero-order valence-electron chi connectivity index (χ0n) is 27.1. The summed E-state index contributed by atoms with van der Waals surface area (Å²) in [4.78, 5) is 18.1. The van der Waals surface area contributed by atoms with E-state index in [0.717, 1.165) is 24.5 Å². The van der Waals surface area contributed by atoms with Crippen LogP contribution in [0, 0.1) is 11.6 Å². The summed E-state index contributed by atoms with van der Waals surface area (Å²) in [6.07, 6.45) is -4.58. The van der Waals surface area contributed by atoms with E-state index >= 15 is 8.78 Å². The molecule has 3 aromatic heterocycles. The number of nitrogens with one attached hydrogen (secondary N) is 2. The van der Waals surface area contributed by atoms with Crippen molar-refractivity contribution in [2.75, 3.05) is 11.0 Å². The highest BCUT2D eigenvalue weighted by Crippen LogP contribution is 2.52. The van der Waals surface area contributed by atoms with Gasteiger partial charge in [-0.2, -0.15) is 32.1 Å². The van der Waals surface area contributed by atoms with Crippen molar-refractivity contribution in [2.45, 2.75) is 43.4 Å². The van der Waals surface area contributed by atoms with Crippen LogP contribution in [0.3, 0.4) is 0 Å². The second-order valence-electron chi connectivity index (χ2n) is 12.2. The van der Waals surface area contributed by atoms with Crippen molar-refractivity contribution in [1.29, 1.82) is 0 Å². The summed E-state index contributed by atoms with van der Waals surface area (Å²) in [5, 5.41) is 10.5. The molecule has 1 aliphatic carbocycles. The third-order valence-electron chi connectivity index (χ3n) is 8.38. The fourth-order valence-corrected chi connectivity index (χ4v) is 7.17. The highest BCUT2D eigenvalue weighted by Gasteiger charge is 2.53. The minimum atomic E-state index is -5.12. The number of sulfonamides is 1. The first kappa shape index (κ1) is 36.8. The van der Waals surface area contributed by atoms with Gasteiger partial charge in [-0.25, -0.2) is 22.2 Å². The minimum Gasteiger partial charge on any atom is -0.346 e. The first-order valence-electron chi connectivity index (χ1n) is 15.3. The molecule has 3 heterocycles. The van der Waals surface area contributed by atoms with Gasteiger partial charge in [-0.3, -0.25) is 18.9 Å². The quantitative estimate of drug-likeness (QED) is 0.0895. The van der Waals surface area contributed by atoms with Crippen LogP contribution in [0.2, 0.25) is 5.15 Å². The zero-order valence-corrected chi connectivity index (χ0v) is 28.6. The zero-order chi connectivity index (χ0) is 37.9. The SMILES string of the molecule is C=CC1CC(F)(F)c2c1c(C(F)(F)F)nn2CC(=O)NC(Cc1cc(F)cc(F)c1)c1nc(Cl)ccc1-c1cccc2c(NS(C)(=O)=O)nn(C)c12. The van der Waals surface area contributed by atoms with Gasteiger partial charge in [0.25, 0.3) is 5.92 Å². The Hall–Kier alpha value is -4.97. The van der Waals surface area contributed by atoms with E-state index in [1.165, 1.54) is 16.8 Å². The third kappa shape index (κ3) is 7.21. The lowest BCUT2D eigenvalue weighted by molar-refractivity contribution is -0.142. The van der Waals surface area contributed by atoms with Crippen LogP contribution in [0.25, 0.3) is 22.0 Å². The van der Waals surface area contributed by atoms with Crippen LogP contribution in [0.4, 0.5) is 36.6 Å². The van der Waals surface area contributed by atoms with E-state index in [4.69, 9.17) is 11.6 Å². The number of anilines is 1. The normalized spacial score (nSPS) is 16.2. The lowest BCUT2D eigenvalue weighted by atomic mass is 9.94. The Morgan fingerprint density at radius 1 is 1.12 bits per heavy atom. The molecule has 1 aliphatic rings. The molecule has 6 rings (SSSR count). The molecule has 2 unspecified atom stereocenters. The number of fused-ring (bicyclic) bond motifs is 2. The van der Waals surface area contributed by atoms with Crippen LogP contribution in [0.5, 0.6) is 0 Å². The molecule has 10 nitrogen and oxygen atoms in total. The van der Waals surface area contributed by atoms with Crippen molar-refractivity contribution in [2.24, 2.45) is 7.05 Å². The molecule has 0 saturated heterocycles. The third-order valence-corrected chi connectivity index (χ3v) is 9.16. The van der Waals surface area contributed by atoms with Crippen LogP contribution in [-0.2, 0) is 46.9 Å². The number of carbonyl (C=O) groups excluding carboxylic acids is 1. The monoisotopic (exact) mass is 769 g/mol. The number of halogens is 8. The Labute approximate surface area is 296 Å². The van der Waals surface area contributed by atoms with E-state index in [1.54, 1.807) is 25.2 Å². The largest absolute Gasteiger partial charge is 0.435 e. The molecule has 0 bridgehead atoms. The Kier molecular flexibility index (Phi) is 9.36. The van der Waals surface area contributed by atoms with Gasteiger partial charge in [0.2, 0.25) is 15.9 Å². The standard InChI is InChI=1S/C33H27ClF7N7O3S/c1-4-17-14-32(37,38)30-26(17)29(33(39,40)41)44-48(30)15-25(49)42-23(12-16-10-18(35)13-19(36)11-16)27-20(8-9-24(34)43-27)21-6-5-7-22-28(21)47(2)45-31(22)46-52(3,50)51/h4-11,13,17,23H,1,12,14-15H2,2-3H3,(H,42,49)(H,45,46). The lowest BCUT2D eigenvalue weighted by Gasteiger charge is -2.23. The fraction of sp³-hybridized carbons (Fsp3) is 0.273. The highest BCUT2D eigenvalue weighted by atomic mass is 35.5. The predicted octanol–water partition coefficient (Wildman–Crippen LogP) is 7.02. The molecular formula is C33H27ClF7N7O3S. The number of alkyl halides is 5. The number of hydrogen-bond donors (Lipinski definition) is 2. The summed E-state index contributed by atoms with van der Waals surface area (Å²) >= 11 is 6.31. The smallest absolute Gasteiger partial charge is 0.346 e. The first-order valence-corrected chi connectivity index (χ1v) is 17.6. The summed E-state index contributed by atoms with van der Waals surface area (Å²) in [6.45, 7) is 2.29. The number of rotatable bonds is 10. The van der Waals surface area contributed by atoms with E-state index in [1.807, 2.05) is 0 Å². The fourth-order valence-electron chi connectivity index (χ4n) is 6.52. The van der Waals surface area contributed by atoms with Crippen LogP contribution >= 0.6 is 11.6 Å². The second-order valence-corrected chi connectivity index (χ2v) is 14.4. The lowest BCUT2D eigenvalue weighted by Crippen LogP contribution is -2.35. The average molecular weight is 770 g/mol. The van der Waals surface area contributed by atoms with Gasteiger partial charge in [-0.1, -0.05) is 29.8 Å². The summed E-state index contributed by atoms with van der Waals surface area (Å²) in [5.41, 5.74) is -2.32. The Morgan fingerprint density at radius 2 is 1.81 bits per heavy atom. The molecule has 2 aromatic carbocycles. The molecule has 1 amide bonds. The Balaban J connectivity index is 1.46. The second kappa shape index (κ2) is 13.2. The molecule has 19 heteroatoms. The summed E-state index contributed by atoms with van der Waals surface area (Å²) in [6, 6.07) is 9.03. The molecule has 0 radical (unpaired) electrons. The Bertz CT molecular complexity index is 2340.